The van der Waals surface area contributed by atoms with Gasteiger partial charge < -0.3 is 36.3 Å². The SMILES string of the molecule is O=S(=O)([O-])O.O=S(=O)=O.[CH2-]CS(=O)(=O)c1cc(O)c(N=Nc2[c-]cc3c(N=Nc4ccccc4S(=O)(=O)[O-])c(NC)ccc3c2O)cc1OC.[Cu].[Na+].[Na+].[Na+]. The van der Waals surface area contributed by atoms with Gasteiger partial charge in [-0.25, -0.2) is 25.3 Å². The molecular weight excluding hydrogens is 883 g/mol. The summed E-state index contributed by atoms with van der Waals surface area (Å²) in [6.07, 6.45) is 0. The van der Waals surface area contributed by atoms with E-state index in [9.17, 15) is 31.6 Å². The summed E-state index contributed by atoms with van der Waals surface area (Å²) in [4.78, 5) is -0.798. The molecule has 28 heteroatoms. The first-order chi connectivity index (χ1) is 23.1. The van der Waals surface area contributed by atoms with E-state index in [-0.39, 0.29) is 150 Å². The molecule has 0 aliphatic rings. The molecule has 54 heavy (non-hydrogen) atoms. The van der Waals surface area contributed by atoms with Crippen LogP contribution in [0.4, 0.5) is 28.4 Å². The maximum atomic E-state index is 12.2. The van der Waals surface area contributed by atoms with Crippen LogP contribution in [0.1, 0.15) is 0 Å². The van der Waals surface area contributed by atoms with Crippen LogP contribution >= 0.6 is 0 Å². The quantitative estimate of drug-likeness (QED) is 0.0400. The Morgan fingerprint density at radius 1 is 0.852 bits per heavy atom. The Hall–Kier alpha value is -1.59. The van der Waals surface area contributed by atoms with Crippen molar-refractivity contribution in [3.05, 3.63) is 67.6 Å². The number of benzene rings is 4. The van der Waals surface area contributed by atoms with Gasteiger partial charge >= 0.3 is 99.3 Å². The maximum Gasteiger partial charge on any atom is 1.00 e. The van der Waals surface area contributed by atoms with Crippen molar-refractivity contribution in [2.75, 3.05) is 25.2 Å². The molecule has 0 unspecified atom stereocenters. The molecule has 4 N–H and O–H groups in total. The molecule has 20 nitrogen and oxygen atoms in total. The molecular formula is C26H23CuN5Na3O15S4-. The number of rotatable bonds is 9. The summed E-state index contributed by atoms with van der Waals surface area (Å²) < 4.78 is 123. The monoisotopic (exact) mass is 905 g/mol. The third-order valence-electron chi connectivity index (χ3n) is 5.83. The largest absolute Gasteiger partial charge is 1.00 e. The maximum absolute atomic E-state index is 12.2. The number of hydrogen-bond acceptors (Lipinski definition) is 19. The van der Waals surface area contributed by atoms with Gasteiger partial charge in [-0.3, -0.25) is 4.55 Å². The third kappa shape index (κ3) is 17.3. The van der Waals surface area contributed by atoms with E-state index in [1.165, 1.54) is 37.4 Å². The van der Waals surface area contributed by atoms with E-state index in [0.717, 1.165) is 12.1 Å². The average molecular weight is 906 g/mol. The smallest absolute Gasteiger partial charge is 0.744 e. The number of fused-ring (bicyclic) bond motifs is 1. The van der Waals surface area contributed by atoms with Crippen molar-refractivity contribution in [1.82, 2.24) is 0 Å². The number of anilines is 1. The molecule has 0 atom stereocenters. The zero-order valence-corrected chi connectivity index (χ0v) is 38.8. The number of nitrogens with zero attached hydrogens (tertiary/aromatic N) is 4. The van der Waals surface area contributed by atoms with Crippen molar-refractivity contribution in [2.24, 2.45) is 20.5 Å². The number of sulfone groups is 1. The second-order valence-electron chi connectivity index (χ2n) is 8.92. The zero-order chi connectivity index (χ0) is 38.0. The Kier molecular flexibility index (Phi) is 26.2. The van der Waals surface area contributed by atoms with Gasteiger partial charge in [0.25, 0.3) is 0 Å². The number of hydrogen-bond donors (Lipinski definition) is 4. The molecule has 1 radical (unpaired) electrons. The first-order valence-electron chi connectivity index (χ1n) is 12.8. The predicted octanol–water partition coefficient (Wildman–Crippen LogP) is -5.55. The molecule has 4 rings (SSSR count). The second kappa shape index (κ2) is 24.9. The minimum absolute atomic E-state index is 0. The Morgan fingerprint density at radius 3 is 1.89 bits per heavy atom. The van der Waals surface area contributed by atoms with Crippen LogP contribution in [-0.2, 0) is 58.0 Å². The first kappa shape index (κ1) is 56.7. The fourth-order valence-electron chi connectivity index (χ4n) is 3.77. The summed E-state index contributed by atoms with van der Waals surface area (Å²) in [5, 5.41) is 40.8. The van der Waals surface area contributed by atoms with Crippen LogP contribution in [0.15, 0.2) is 84.8 Å². The number of azo groups is 2. The van der Waals surface area contributed by atoms with Gasteiger partial charge in [0.2, 0.25) is 10.4 Å². The van der Waals surface area contributed by atoms with E-state index in [1.807, 2.05) is 0 Å². The first-order valence-corrected chi connectivity index (χ1v) is 18.2. The number of phenolic OH excluding ortho intramolecular Hbond substituents is 2. The van der Waals surface area contributed by atoms with Crippen molar-refractivity contribution in [2.45, 2.75) is 9.79 Å². The van der Waals surface area contributed by atoms with Gasteiger partial charge in [-0.05, 0) is 18.2 Å². The van der Waals surface area contributed by atoms with Crippen molar-refractivity contribution >= 4 is 80.2 Å². The Morgan fingerprint density at radius 2 is 1.39 bits per heavy atom. The topological polar surface area (TPSA) is 331 Å². The van der Waals surface area contributed by atoms with Gasteiger partial charge in [0, 0.05) is 53.4 Å². The van der Waals surface area contributed by atoms with Crippen LogP contribution < -0.4 is 98.7 Å². The van der Waals surface area contributed by atoms with Crippen molar-refractivity contribution in [3.63, 3.8) is 0 Å². The molecule has 0 aliphatic carbocycles. The van der Waals surface area contributed by atoms with Crippen molar-refractivity contribution in [1.29, 1.82) is 0 Å². The van der Waals surface area contributed by atoms with Crippen LogP contribution in [0, 0.1) is 13.0 Å². The normalized spacial score (nSPS) is 10.9. The average Bonchev–Trinajstić information content (AvgIpc) is 3.02. The van der Waals surface area contributed by atoms with Gasteiger partial charge in [-0.1, -0.05) is 34.7 Å². The Labute approximate surface area is 388 Å². The molecule has 0 saturated carbocycles. The fourth-order valence-corrected chi connectivity index (χ4v) is 5.34. The van der Waals surface area contributed by atoms with Gasteiger partial charge in [0.1, 0.15) is 37.9 Å². The molecule has 0 fully saturated rings. The molecule has 4 aromatic carbocycles. The van der Waals surface area contributed by atoms with E-state index >= 15 is 0 Å². The van der Waals surface area contributed by atoms with E-state index in [2.05, 4.69) is 38.8 Å². The summed E-state index contributed by atoms with van der Waals surface area (Å²) in [5.41, 5.74) is 0.269. The molecule has 0 spiro atoms. The zero-order valence-electron chi connectivity index (χ0n) is 28.6. The summed E-state index contributed by atoms with van der Waals surface area (Å²) >= 11 is 0. The second-order valence-corrected chi connectivity index (χ2v) is 13.6. The number of methoxy groups -OCH3 is 1. The van der Waals surface area contributed by atoms with Crippen LogP contribution in [0.25, 0.3) is 10.8 Å². The van der Waals surface area contributed by atoms with Crippen LogP contribution in [-0.4, -0.2) is 81.7 Å². The number of aromatic hydroxyl groups is 2. The summed E-state index contributed by atoms with van der Waals surface area (Å²) in [7, 11) is -13.8. The number of nitrogens with one attached hydrogen (secondary N) is 1. The van der Waals surface area contributed by atoms with E-state index in [4.69, 9.17) is 34.9 Å². The predicted molar refractivity (Wildman–Crippen MR) is 171 cm³/mol. The minimum atomic E-state index is -4.92. The standard InChI is InChI=1S/C26H23N5O8S2.Cu.3Na.H2O4S.O3S/c1-4-40(34,35)24-14-21(32)20(13-22(24)39-3)30-29-19-12-9-15-16(26(19)33)10-11-18(27-2)25(15)31-28-17-7-5-6-8-23(17)41(36,37)38;;;;;1-5(2,3)4;1-4(2)3/h5-11,13-14,27,32-33H,1,4H2,2-3H3,(H,36,37,38);;;;;(H2,1,2,3,4);/q-2;;3*+1;;/p-2. The number of ether oxygens (including phenoxy) is 1. The van der Waals surface area contributed by atoms with Gasteiger partial charge in [-0.2, -0.15) is 27.5 Å². The van der Waals surface area contributed by atoms with Gasteiger partial charge in [-0.15, -0.1) is 17.7 Å². The van der Waals surface area contributed by atoms with Crippen LogP contribution in [0.5, 0.6) is 17.2 Å². The Balaban J connectivity index is -0.00000180. The minimum Gasteiger partial charge on any atom is -0.744 e. The molecule has 0 saturated heterocycles. The molecule has 0 aliphatic heterocycles. The van der Waals surface area contributed by atoms with Gasteiger partial charge in [0.15, 0.2) is 9.84 Å². The van der Waals surface area contributed by atoms with E-state index in [0.29, 0.717) is 11.1 Å². The fraction of sp³-hybridized carbons (Fsp3) is 0.115. The molecule has 281 valence electrons. The van der Waals surface area contributed by atoms with Crippen LogP contribution in [0.2, 0.25) is 0 Å². The van der Waals surface area contributed by atoms with Crippen molar-refractivity contribution in [3.8, 4) is 17.2 Å². The third-order valence-corrected chi connectivity index (χ3v) is 8.24. The van der Waals surface area contributed by atoms with Crippen molar-refractivity contribution < 1.29 is 172 Å². The molecule has 0 bridgehead atoms. The summed E-state index contributed by atoms with van der Waals surface area (Å²) in [5.74, 6) is -1.38. The van der Waals surface area contributed by atoms with Gasteiger partial charge in [0.05, 0.1) is 17.7 Å². The molecule has 0 heterocycles. The summed E-state index contributed by atoms with van der Waals surface area (Å²) in [6.45, 7) is 3.38. The Bertz CT molecular complexity index is 2410. The number of phenols is 2. The molecule has 0 amide bonds. The van der Waals surface area contributed by atoms with E-state index in [1.54, 1.807) is 19.2 Å². The summed E-state index contributed by atoms with van der Waals surface area (Å²) in [6, 6.07) is 14.9. The molecule has 0 aromatic heterocycles. The molecule has 4 aromatic rings. The van der Waals surface area contributed by atoms with E-state index < -0.39 is 57.4 Å². The van der Waals surface area contributed by atoms with Crippen LogP contribution in [0.3, 0.4) is 0 Å².